The van der Waals surface area contributed by atoms with E-state index >= 15 is 0 Å². The molecule has 22 heavy (non-hydrogen) atoms. The fourth-order valence-electron chi connectivity index (χ4n) is 2.29. The van der Waals surface area contributed by atoms with Gasteiger partial charge in [-0.25, -0.2) is 0 Å². The molecule has 3 aromatic rings. The van der Waals surface area contributed by atoms with Gasteiger partial charge in [0.15, 0.2) is 5.82 Å². The van der Waals surface area contributed by atoms with Crippen molar-refractivity contribution < 1.29 is 0 Å². The highest BCUT2D eigenvalue weighted by Crippen LogP contribution is 2.18. The summed E-state index contributed by atoms with van der Waals surface area (Å²) in [4.78, 5) is 2.19. The Morgan fingerprint density at radius 2 is 1.73 bits per heavy atom. The molecule has 0 spiro atoms. The number of tetrazole rings is 1. The van der Waals surface area contributed by atoms with Gasteiger partial charge in [-0.1, -0.05) is 52.3 Å². The lowest BCUT2D eigenvalue weighted by Gasteiger charge is -2.17. The molecule has 2 aromatic carbocycles. The van der Waals surface area contributed by atoms with E-state index in [1.54, 1.807) is 4.68 Å². The Morgan fingerprint density at radius 3 is 2.50 bits per heavy atom. The van der Waals surface area contributed by atoms with Gasteiger partial charge < -0.3 is 0 Å². The highest BCUT2D eigenvalue weighted by atomic mass is 79.9. The molecular formula is C16H16BrN5. The van der Waals surface area contributed by atoms with Gasteiger partial charge in [0.2, 0.25) is 0 Å². The van der Waals surface area contributed by atoms with Crippen molar-refractivity contribution in [1.29, 1.82) is 0 Å². The van der Waals surface area contributed by atoms with Crippen molar-refractivity contribution in [1.82, 2.24) is 25.1 Å². The third-order valence-electron chi connectivity index (χ3n) is 3.34. The fraction of sp³-hybridized carbons (Fsp3) is 0.188. The van der Waals surface area contributed by atoms with E-state index in [-0.39, 0.29) is 0 Å². The van der Waals surface area contributed by atoms with E-state index in [4.69, 9.17) is 0 Å². The molecule has 0 fully saturated rings. The Kier molecular flexibility index (Phi) is 4.60. The molecule has 0 aliphatic heterocycles. The minimum absolute atomic E-state index is 0.670. The molecule has 0 aliphatic carbocycles. The Morgan fingerprint density at radius 1 is 1.00 bits per heavy atom. The van der Waals surface area contributed by atoms with Crippen LogP contribution in [0.2, 0.25) is 0 Å². The molecule has 1 heterocycles. The molecule has 0 unspecified atom stereocenters. The number of rotatable bonds is 5. The van der Waals surface area contributed by atoms with E-state index in [0.29, 0.717) is 6.54 Å². The predicted octanol–water partition coefficient (Wildman–Crippen LogP) is 3.06. The maximum absolute atomic E-state index is 4.15. The summed E-state index contributed by atoms with van der Waals surface area (Å²) in [5.74, 6) is 0.820. The molecule has 0 N–H and O–H groups in total. The van der Waals surface area contributed by atoms with Crippen LogP contribution in [0.15, 0.2) is 59.1 Å². The molecule has 3 rings (SSSR count). The summed E-state index contributed by atoms with van der Waals surface area (Å²) in [6, 6.07) is 18.1. The second-order valence-electron chi connectivity index (χ2n) is 5.11. The van der Waals surface area contributed by atoms with Crippen LogP contribution in [0.4, 0.5) is 0 Å². The first-order valence-electron chi connectivity index (χ1n) is 6.98. The van der Waals surface area contributed by atoms with Crippen LogP contribution in [0.5, 0.6) is 0 Å². The van der Waals surface area contributed by atoms with Gasteiger partial charge in [-0.15, -0.1) is 5.10 Å². The summed E-state index contributed by atoms with van der Waals surface area (Å²) in [5, 5.41) is 12.0. The van der Waals surface area contributed by atoms with E-state index in [9.17, 15) is 0 Å². The zero-order valence-corrected chi connectivity index (χ0v) is 13.8. The van der Waals surface area contributed by atoms with Gasteiger partial charge >= 0.3 is 0 Å². The van der Waals surface area contributed by atoms with Crippen LogP contribution >= 0.6 is 15.9 Å². The summed E-state index contributed by atoms with van der Waals surface area (Å²) in [6.45, 7) is 1.49. The highest BCUT2D eigenvalue weighted by molar-refractivity contribution is 9.10. The molecule has 5 nitrogen and oxygen atoms in total. The number of hydrogen-bond acceptors (Lipinski definition) is 4. The Hall–Kier alpha value is -2.05. The minimum Gasteiger partial charge on any atom is -0.295 e. The highest BCUT2D eigenvalue weighted by Gasteiger charge is 2.11. The number of hydrogen-bond donors (Lipinski definition) is 0. The van der Waals surface area contributed by atoms with Crippen LogP contribution in [0, 0.1) is 0 Å². The van der Waals surface area contributed by atoms with Crippen molar-refractivity contribution in [2.75, 3.05) is 7.05 Å². The third-order valence-corrected chi connectivity index (χ3v) is 4.12. The summed E-state index contributed by atoms with van der Waals surface area (Å²) in [5.41, 5.74) is 2.21. The molecule has 0 bridgehead atoms. The van der Waals surface area contributed by atoms with E-state index in [0.717, 1.165) is 22.5 Å². The van der Waals surface area contributed by atoms with Crippen molar-refractivity contribution in [2.24, 2.45) is 0 Å². The molecule has 0 radical (unpaired) electrons. The smallest absolute Gasteiger partial charge is 0.170 e. The van der Waals surface area contributed by atoms with Crippen LogP contribution in [0.3, 0.4) is 0 Å². The van der Waals surface area contributed by atoms with Crippen molar-refractivity contribution in [2.45, 2.75) is 13.1 Å². The van der Waals surface area contributed by atoms with Crippen LogP contribution in [0.25, 0.3) is 5.69 Å². The fourth-order valence-corrected chi connectivity index (χ4v) is 2.70. The second-order valence-corrected chi connectivity index (χ2v) is 5.96. The lowest BCUT2D eigenvalue weighted by molar-refractivity contribution is 0.307. The predicted molar refractivity (Wildman–Crippen MR) is 88.5 cm³/mol. The topological polar surface area (TPSA) is 46.8 Å². The first kappa shape index (κ1) is 14.9. The number of para-hydroxylation sites is 1. The molecule has 0 saturated heterocycles. The molecule has 112 valence electrons. The van der Waals surface area contributed by atoms with Gasteiger partial charge in [0.25, 0.3) is 0 Å². The summed E-state index contributed by atoms with van der Waals surface area (Å²) >= 11 is 3.58. The van der Waals surface area contributed by atoms with Gasteiger partial charge in [0.05, 0.1) is 12.2 Å². The molecule has 0 saturated carbocycles. The quantitative estimate of drug-likeness (QED) is 0.703. The molecule has 0 aliphatic rings. The van der Waals surface area contributed by atoms with E-state index in [2.05, 4.69) is 55.5 Å². The van der Waals surface area contributed by atoms with Gasteiger partial charge in [0.1, 0.15) is 0 Å². The summed E-state index contributed by atoms with van der Waals surface area (Å²) in [6.07, 6.45) is 0. The van der Waals surface area contributed by atoms with Crippen LogP contribution in [0.1, 0.15) is 11.4 Å². The van der Waals surface area contributed by atoms with Crippen LogP contribution in [-0.2, 0) is 13.1 Å². The second kappa shape index (κ2) is 6.81. The first-order chi connectivity index (χ1) is 10.7. The van der Waals surface area contributed by atoms with Gasteiger partial charge in [0, 0.05) is 11.0 Å². The maximum Gasteiger partial charge on any atom is 0.170 e. The number of halogens is 1. The minimum atomic E-state index is 0.670. The Bertz CT molecular complexity index is 741. The lowest BCUT2D eigenvalue weighted by atomic mass is 10.2. The molecule has 1 aromatic heterocycles. The Labute approximate surface area is 137 Å². The largest absolute Gasteiger partial charge is 0.295 e. The van der Waals surface area contributed by atoms with E-state index in [1.165, 1.54) is 5.56 Å². The van der Waals surface area contributed by atoms with Crippen molar-refractivity contribution in [3.05, 3.63) is 70.5 Å². The third kappa shape index (κ3) is 3.40. The zero-order chi connectivity index (χ0) is 15.4. The van der Waals surface area contributed by atoms with Crippen LogP contribution < -0.4 is 0 Å². The van der Waals surface area contributed by atoms with E-state index in [1.807, 2.05) is 42.5 Å². The van der Waals surface area contributed by atoms with Gasteiger partial charge in [-0.05, 0) is 41.2 Å². The van der Waals surface area contributed by atoms with Crippen LogP contribution in [-0.4, -0.2) is 32.2 Å². The Balaban J connectivity index is 1.74. The average Bonchev–Trinajstić information content (AvgIpc) is 2.98. The van der Waals surface area contributed by atoms with Crippen molar-refractivity contribution >= 4 is 15.9 Å². The average molecular weight is 358 g/mol. The lowest BCUT2D eigenvalue weighted by Crippen LogP contribution is -2.20. The van der Waals surface area contributed by atoms with Gasteiger partial charge in [-0.2, -0.15) is 4.68 Å². The molecule has 0 atom stereocenters. The SMILES string of the molecule is CN(Cc1ccccc1Br)Cc1nnnn1-c1ccccc1. The zero-order valence-electron chi connectivity index (χ0n) is 12.2. The normalized spacial score (nSPS) is 11.0. The number of aromatic nitrogens is 4. The maximum atomic E-state index is 4.15. The first-order valence-corrected chi connectivity index (χ1v) is 7.78. The number of nitrogens with zero attached hydrogens (tertiary/aromatic N) is 5. The van der Waals surface area contributed by atoms with Crippen molar-refractivity contribution in [3.8, 4) is 5.69 Å². The van der Waals surface area contributed by atoms with Crippen molar-refractivity contribution in [3.63, 3.8) is 0 Å². The number of benzene rings is 2. The monoisotopic (exact) mass is 357 g/mol. The summed E-state index contributed by atoms with van der Waals surface area (Å²) < 4.78 is 2.89. The molecule has 6 heteroatoms. The molecular weight excluding hydrogens is 342 g/mol. The van der Waals surface area contributed by atoms with Gasteiger partial charge in [-0.3, -0.25) is 4.90 Å². The van der Waals surface area contributed by atoms with E-state index < -0.39 is 0 Å². The standard InChI is InChI=1S/C16H16BrN5/c1-21(11-13-7-5-6-10-15(13)17)12-16-18-19-20-22(16)14-8-3-2-4-9-14/h2-10H,11-12H2,1H3. The molecule has 0 amide bonds. The summed E-state index contributed by atoms with van der Waals surface area (Å²) in [7, 11) is 2.06.